The number of nitrogens with zero attached hydrogens (tertiary/aromatic N) is 1. The van der Waals surface area contributed by atoms with E-state index < -0.39 is 0 Å². The van der Waals surface area contributed by atoms with E-state index in [-0.39, 0.29) is 17.9 Å². The number of thiophene rings is 1. The Labute approximate surface area is 168 Å². The predicted molar refractivity (Wildman–Crippen MR) is 114 cm³/mol. The zero-order valence-corrected chi connectivity index (χ0v) is 17.0. The van der Waals surface area contributed by atoms with Crippen LogP contribution in [0.5, 0.6) is 0 Å². The summed E-state index contributed by atoms with van der Waals surface area (Å²) in [6, 6.07) is 8.02. The normalized spacial score (nSPS) is 13.0. The van der Waals surface area contributed by atoms with Crippen LogP contribution in [-0.4, -0.2) is 15.9 Å². The molecule has 0 atom stereocenters. The van der Waals surface area contributed by atoms with E-state index >= 15 is 0 Å². The zero-order valence-electron chi connectivity index (χ0n) is 16.1. The Morgan fingerprint density at radius 3 is 2.82 bits per heavy atom. The molecule has 1 aliphatic rings. The third kappa shape index (κ3) is 4.02. The Kier molecular flexibility index (Phi) is 5.57. The van der Waals surface area contributed by atoms with Gasteiger partial charge in [0, 0.05) is 23.4 Å². The molecule has 0 aliphatic heterocycles. The first-order valence-electron chi connectivity index (χ1n) is 10.1. The van der Waals surface area contributed by atoms with E-state index in [0.717, 1.165) is 41.6 Å². The molecule has 0 saturated carbocycles. The highest BCUT2D eigenvalue weighted by atomic mass is 32.1. The number of nitrogens with one attached hydrogen (secondary N) is 2. The van der Waals surface area contributed by atoms with Gasteiger partial charge in [-0.25, -0.2) is 4.98 Å². The molecule has 2 N–H and O–H groups in total. The van der Waals surface area contributed by atoms with Crippen molar-refractivity contribution in [1.29, 1.82) is 0 Å². The van der Waals surface area contributed by atoms with Gasteiger partial charge in [0.05, 0.1) is 5.39 Å². The van der Waals surface area contributed by atoms with Crippen molar-refractivity contribution in [2.24, 2.45) is 0 Å². The first kappa shape index (κ1) is 18.9. The molecular formula is C22H25N3O2S. The van der Waals surface area contributed by atoms with Crippen LogP contribution in [0.3, 0.4) is 0 Å². The zero-order chi connectivity index (χ0) is 19.5. The molecule has 4 rings (SSSR count). The van der Waals surface area contributed by atoms with Gasteiger partial charge in [-0.05, 0) is 55.4 Å². The van der Waals surface area contributed by atoms with Crippen LogP contribution in [0.15, 0.2) is 29.1 Å². The van der Waals surface area contributed by atoms with E-state index in [9.17, 15) is 9.59 Å². The van der Waals surface area contributed by atoms with Crippen molar-refractivity contribution in [1.82, 2.24) is 9.97 Å². The van der Waals surface area contributed by atoms with Gasteiger partial charge in [0.1, 0.15) is 10.7 Å². The highest BCUT2D eigenvalue weighted by molar-refractivity contribution is 7.18. The quantitative estimate of drug-likeness (QED) is 0.623. The van der Waals surface area contributed by atoms with Gasteiger partial charge in [-0.15, -0.1) is 11.3 Å². The van der Waals surface area contributed by atoms with E-state index in [1.165, 1.54) is 28.8 Å². The maximum atomic E-state index is 12.5. The molecular weight excluding hydrogens is 370 g/mol. The summed E-state index contributed by atoms with van der Waals surface area (Å²) in [5, 5.41) is 3.68. The molecule has 5 nitrogen and oxygen atoms in total. The topological polar surface area (TPSA) is 74.8 Å². The third-order valence-electron chi connectivity index (χ3n) is 5.27. The number of anilines is 1. The lowest BCUT2D eigenvalue weighted by Crippen LogP contribution is -2.16. The molecule has 1 amide bonds. The van der Waals surface area contributed by atoms with Gasteiger partial charge in [0.2, 0.25) is 5.91 Å². The maximum Gasteiger partial charge on any atom is 0.259 e. The van der Waals surface area contributed by atoms with Gasteiger partial charge in [-0.3, -0.25) is 9.59 Å². The number of rotatable bonds is 7. The number of hydrogen-bond acceptors (Lipinski definition) is 4. The van der Waals surface area contributed by atoms with Crippen LogP contribution >= 0.6 is 11.3 Å². The number of benzene rings is 1. The average molecular weight is 396 g/mol. The summed E-state index contributed by atoms with van der Waals surface area (Å²) in [7, 11) is 0. The van der Waals surface area contributed by atoms with Gasteiger partial charge in [0.15, 0.2) is 0 Å². The van der Waals surface area contributed by atoms with Crippen molar-refractivity contribution < 1.29 is 4.79 Å². The first-order valence-corrected chi connectivity index (χ1v) is 10.9. The smallest absolute Gasteiger partial charge is 0.259 e. The molecule has 1 aliphatic carbocycles. The van der Waals surface area contributed by atoms with Crippen LogP contribution in [0.4, 0.5) is 5.69 Å². The molecule has 0 spiro atoms. The summed E-state index contributed by atoms with van der Waals surface area (Å²) in [5.74, 6) is 0.514. The van der Waals surface area contributed by atoms with Crippen molar-refractivity contribution in [2.75, 3.05) is 5.32 Å². The molecule has 0 fully saturated rings. The molecule has 2 heterocycles. The minimum absolute atomic E-state index is 0.0672. The van der Waals surface area contributed by atoms with Gasteiger partial charge < -0.3 is 10.3 Å². The summed E-state index contributed by atoms with van der Waals surface area (Å²) in [5.41, 5.74) is 3.21. The second-order valence-corrected chi connectivity index (χ2v) is 8.48. The monoisotopic (exact) mass is 395 g/mol. The van der Waals surface area contributed by atoms with E-state index in [2.05, 4.69) is 34.3 Å². The number of fused-ring (bicyclic) bond motifs is 3. The van der Waals surface area contributed by atoms with Crippen molar-refractivity contribution in [3.8, 4) is 0 Å². The minimum atomic E-state index is -0.0715. The standard InChI is InChI=1S/C22H25N3O2S/c1-2-3-5-14-8-10-15(11-9-14)23-19(26)13-12-18-24-21(27)20-16-6-4-7-17(16)28-22(20)25-18/h8-11H,2-7,12-13H2,1H3,(H,23,26)(H,24,25,27). The van der Waals surface area contributed by atoms with Gasteiger partial charge in [0.25, 0.3) is 5.56 Å². The van der Waals surface area contributed by atoms with Crippen LogP contribution in [0, 0.1) is 0 Å². The highest BCUT2D eigenvalue weighted by Crippen LogP contribution is 2.34. The maximum absolute atomic E-state index is 12.5. The third-order valence-corrected chi connectivity index (χ3v) is 6.46. The second-order valence-electron chi connectivity index (χ2n) is 7.40. The molecule has 3 aromatic rings. The summed E-state index contributed by atoms with van der Waals surface area (Å²) in [6.07, 6.45) is 7.27. The number of amides is 1. The van der Waals surface area contributed by atoms with Crippen LogP contribution in [0.1, 0.15) is 54.4 Å². The van der Waals surface area contributed by atoms with Crippen LogP contribution < -0.4 is 10.9 Å². The van der Waals surface area contributed by atoms with Gasteiger partial charge in [-0.1, -0.05) is 25.5 Å². The Balaban J connectivity index is 1.37. The minimum Gasteiger partial charge on any atom is -0.326 e. The predicted octanol–water partition coefficient (Wildman–Crippen LogP) is 4.39. The molecule has 1 aromatic carbocycles. The molecule has 0 bridgehead atoms. The van der Waals surface area contributed by atoms with Crippen molar-refractivity contribution in [2.45, 2.75) is 58.3 Å². The fourth-order valence-electron chi connectivity index (χ4n) is 3.76. The SMILES string of the molecule is CCCCc1ccc(NC(=O)CCc2nc3sc4c(c3c(=O)[nH]2)CCC4)cc1. The molecule has 0 unspecified atom stereocenters. The molecule has 146 valence electrons. The summed E-state index contributed by atoms with van der Waals surface area (Å²) >= 11 is 1.63. The number of aryl methyl sites for hydroxylation is 4. The highest BCUT2D eigenvalue weighted by Gasteiger charge is 2.21. The number of carbonyl (C=O) groups is 1. The molecule has 28 heavy (non-hydrogen) atoms. The molecule has 2 aromatic heterocycles. The fraction of sp³-hybridized carbons (Fsp3) is 0.409. The summed E-state index contributed by atoms with van der Waals surface area (Å²) < 4.78 is 0. The van der Waals surface area contributed by atoms with Crippen LogP contribution in [-0.2, 0) is 30.5 Å². The van der Waals surface area contributed by atoms with E-state index in [1.807, 2.05) is 12.1 Å². The van der Waals surface area contributed by atoms with E-state index in [1.54, 1.807) is 11.3 Å². The Morgan fingerprint density at radius 1 is 1.21 bits per heavy atom. The Morgan fingerprint density at radius 2 is 2.04 bits per heavy atom. The number of aromatic amines is 1. The number of carbonyl (C=O) groups excluding carboxylic acids is 1. The molecule has 0 saturated heterocycles. The lowest BCUT2D eigenvalue weighted by Gasteiger charge is -2.07. The second kappa shape index (κ2) is 8.27. The summed E-state index contributed by atoms with van der Waals surface area (Å²) in [4.78, 5) is 34.3. The van der Waals surface area contributed by atoms with Gasteiger partial charge in [-0.2, -0.15) is 0 Å². The van der Waals surface area contributed by atoms with Crippen molar-refractivity contribution in [3.63, 3.8) is 0 Å². The lowest BCUT2D eigenvalue weighted by molar-refractivity contribution is -0.116. The number of aromatic nitrogens is 2. The Hall–Kier alpha value is -2.47. The fourth-order valence-corrected chi connectivity index (χ4v) is 5.04. The van der Waals surface area contributed by atoms with Crippen molar-refractivity contribution in [3.05, 3.63) is 56.4 Å². The first-order chi connectivity index (χ1) is 13.6. The largest absolute Gasteiger partial charge is 0.326 e. The number of unbranched alkanes of at least 4 members (excludes halogenated alkanes) is 1. The van der Waals surface area contributed by atoms with Gasteiger partial charge >= 0.3 is 0 Å². The molecule has 6 heteroatoms. The van der Waals surface area contributed by atoms with Crippen molar-refractivity contribution >= 4 is 33.1 Å². The number of hydrogen-bond donors (Lipinski definition) is 2. The van der Waals surface area contributed by atoms with Crippen LogP contribution in [0.25, 0.3) is 10.2 Å². The lowest BCUT2D eigenvalue weighted by atomic mass is 10.1. The molecule has 0 radical (unpaired) electrons. The van der Waals surface area contributed by atoms with E-state index in [0.29, 0.717) is 12.2 Å². The summed E-state index contributed by atoms with van der Waals surface area (Å²) in [6.45, 7) is 2.18. The Bertz CT molecular complexity index is 1050. The number of H-pyrrole nitrogens is 1. The average Bonchev–Trinajstić information content (AvgIpc) is 3.26. The van der Waals surface area contributed by atoms with Crippen LogP contribution in [0.2, 0.25) is 0 Å². The van der Waals surface area contributed by atoms with E-state index in [4.69, 9.17) is 0 Å².